The van der Waals surface area contributed by atoms with E-state index >= 15 is 0 Å². The maximum Gasteiger partial charge on any atom is 0.169 e. The number of aryl methyl sites for hydroxylation is 1. The molecule has 0 aliphatic rings. The van der Waals surface area contributed by atoms with Crippen molar-refractivity contribution in [3.05, 3.63) is 59.7 Å². The SMILES string of the molecule is CCCc1ccc(OCc2cccc(B(C)C)c2)cc1. The normalized spacial score (nSPS) is 10.3. The summed E-state index contributed by atoms with van der Waals surface area (Å²) in [5.41, 5.74) is 3.97. The minimum absolute atomic E-state index is 0.559. The van der Waals surface area contributed by atoms with Crippen molar-refractivity contribution in [2.45, 2.75) is 40.0 Å². The van der Waals surface area contributed by atoms with Crippen molar-refractivity contribution in [3.8, 4) is 5.75 Å². The van der Waals surface area contributed by atoms with E-state index in [0.717, 1.165) is 12.2 Å². The molecule has 0 unspecified atom stereocenters. The third kappa shape index (κ3) is 4.16. The van der Waals surface area contributed by atoms with Crippen LogP contribution in [0, 0.1) is 0 Å². The van der Waals surface area contributed by atoms with E-state index in [0.29, 0.717) is 13.3 Å². The molecule has 0 radical (unpaired) electrons. The molecule has 2 aromatic rings. The van der Waals surface area contributed by atoms with Crippen LogP contribution in [0.25, 0.3) is 0 Å². The van der Waals surface area contributed by atoms with Crippen LogP contribution in [0.2, 0.25) is 13.6 Å². The molecule has 0 bridgehead atoms. The fourth-order valence-corrected chi connectivity index (χ4v) is 2.25. The van der Waals surface area contributed by atoms with Crippen molar-refractivity contribution < 1.29 is 4.74 Å². The van der Waals surface area contributed by atoms with Crippen LogP contribution in [0.1, 0.15) is 24.5 Å². The fourth-order valence-electron chi connectivity index (χ4n) is 2.25. The Morgan fingerprint density at radius 3 is 2.35 bits per heavy atom. The Morgan fingerprint density at radius 2 is 1.70 bits per heavy atom. The standard InChI is InChI=1S/C18H23BO/c1-4-6-15-9-11-18(12-10-15)20-14-16-7-5-8-17(13-16)19(2)3/h5,7-13H,4,6,14H2,1-3H3. The third-order valence-electron chi connectivity index (χ3n) is 3.49. The molecule has 0 saturated carbocycles. The Bertz CT molecular complexity index is 531. The van der Waals surface area contributed by atoms with Crippen LogP contribution in [0.4, 0.5) is 0 Å². The second-order valence-electron chi connectivity index (χ2n) is 5.58. The average Bonchev–Trinajstić information content (AvgIpc) is 2.47. The lowest BCUT2D eigenvalue weighted by Gasteiger charge is -2.09. The predicted octanol–water partition coefficient (Wildman–Crippen LogP) is 4.18. The predicted molar refractivity (Wildman–Crippen MR) is 88.3 cm³/mol. The van der Waals surface area contributed by atoms with E-state index in [-0.39, 0.29) is 0 Å². The summed E-state index contributed by atoms with van der Waals surface area (Å²) >= 11 is 0. The van der Waals surface area contributed by atoms with Gasteiger partial charge in [-0.1, -0.05) is 68.9 Å². The highest BCUT2D eigenvalue weighted by Crippen LogP contribution is 2.15. The van der Waals surface area contributed by atoms with Crippen molar-refractivity contribution in [1.82, 2.24) is 0 Å². The van der Waals surface area contributed by atoms with E-state index in [4.69, 9.17) is 4.74 Å². The molecule has 0 saturated heterocycles. The summed E-state index contributed by atoms with van der Waals surface area (Å²) in [6.07, 6.45) is 2.32. The van der Waals surface area contributed by atoms with Gasteiger partial charge in [-0.3, -0.25) is 0 Å². The van der Waals surface area contributed by atoms with Crippen LogP contribution in [-0.4, -0.2) is 6.71 Å². The van der Waals surface area contributed by atoms with Gasteiger partial charge in [0.25, 0.3) is 0 Å². The van der Waals surface area contributed by atoms with Gasteiger partial charge in [0.15, 0.2) is 6.71 Å². The van der Waals surface area contributed by atoms with Crippen LogP contribution >= 0.6 is 0 Å². The molecule has 0 atom stereocenters. The molecule has 0 aliphatic heterocycles. The number of hydrogen-bond acceptors (Lipinski definition) is 1. The summed E-state index contributed by atoms with van der Waals surface area (Å²) in [6, 6.07) is 17.1. The first-order valence-corrected chi connectivity index (χ1v) is 7.49. The van der Waals surface area contributed by atoms with Crippen LogP contribution in [0.15, 0.2) is 48.5 Å². The number of rotatable bonds is 6. The second-order valence-corrected chi connectivity index (χ2v) is 5.58. The van der Waals surface area contributed by atoms with Crippen molar-refractivity contribution in [1.29, 1.82) is 0 Å². The second kappa shape index (κ2) is 7.18. The first-order valence-electron chi connectivity index (χ1n) is 7.49. The Balaban J connectivity index is 1.96. The smallest absolute Gasteiger partial charge is 0.169 e. The quantitative estimate of drug-likeness (QED) is 0.713. The van der Waals surface area contributed by atoms with E-state index < -0.39 is 0 Å². The van der Waals surface area contributed by atoms with Gasteiger partial charge in [0.05, 0.1) is 0 Å². The first kappa shape index (κ1) is 14.7. The van der Waals surface area contributed by atoms with E-state index in [1.165, 1.54) is 23.0 Å². The zero-order valence-corrected chi connectivity index (χ0v) is 12.7. The lowest BCUT2D eigenvalue weighted by Crippen LogP contribution is -2.22. The molecule has 0 fully saturated rings. The van der Waals surface area contributed by atoms with Gasteiger partial charge < -0.3 is 4.74 Å². The summed E-state index contributed by atoms with van der Waals surface area (Å²) in [6.45, 7) is 7.82. The summed E-state index contributed by atoms with van der Waals surface area (Å²) in [5, 5.41) is 0. The lowest BCUT2D eigenvalue weighted by atomic mass is 9.49. The monoisotopic (exact) mass is 266 g/mol. The molecule has 0 aromatic heterocycles. The number of hydrogen-bond donors (Lipinski definition) is 0. The van der Waals surface area contributed by atoms with Crippen LogP contribution in [-0.2, 0) is 13.0 Å². The summed E-state index contributed by atoms with van der Waals surface area (Å²) < 4.78 is 5.86. The number of ether oxygens (including phenoxy) is 1. The molecular formula is C18H23BO. The summed E-state index contributed by atoms with van der Waals surface area (Å²) in [5.74, 6) is 0.944. The lowest BCUT2D eigenvalue weighted by molar-refractivity contribution is 0.306. The largest absolute Gasteiger partial charge is 0.489 e. The maximum atomic E-state index is 5.86. The Labute approximate surface area is 123 Å². The van der Waals surface area contributed by atoms with E-state index in [2.05, 4.69) is 69.1 Å². The molecule has 0 amide bonds. The van der Waals surface area contributed by atoms with Gasteiger partial charge in [-0.05, 0) is 29.7 Å². The van der Waals surface area contributed by atoms with Gasteiger partial charge in [0.1, 0.15) is 12.4 Å². The van der Waals surface area contributed by atoms with E-state index in [1.54, 1.807) is 0 Å². The third-order valence-corrected chi connectivity index (χ3v) is 3.49. The Morgan fingerprint density at radius 1 is 0.950 bits per heavy atom. The number of benzene rings is 2. The highest BCUT2D eigenvalue weighted by atomic mass is 16.5. The minimum atomic E-state index is 0.559. The fraction of sp³-hybridized carbons (Fsp3) is 0.333. The molecule has 1 nitrogen and oxygen atoms in total. The first-order chi connectivity index (χ1) is 9.69. The van der Waals surface area contributed by atoms with Gasteiger partial charge in [-0.2, -0.15) is 0 Å². The van der Waals surface area contributed by atoms with E-state index in [9.17, 15) is 0 Å². The van der Waals surface area contributed by atoms with Crippen LogP contribution in [0.5, 0.6) is 5.75 Å². The molecule has 20 heavy (non-hydrogen) atoms. The maximum absolute atomic E-state index is 5.86. The van der Waals surface area contributed by atoms with Crippen molar-refractivity contribution in [3.63, 3.8) is 0 Å². The summed E-state index contributed by atoms with van der Waals surface area (Å²) in [4.78, 5) is 0. The average molecular weight is 266 g/mol. The van der Waals surface area contributed by atoms with Crippen molar-refractivity contribution in [2.75, 3.05) is 0 Å². The van der Waals surface area contributed by atoms with Crippen LogP contribution in [0.3, 0.4) is 0 Å². The van der Waals surface area contributed by atoms with Crippen molar-refractivity contribution in [2.24, 2.45) is 0 Å². The zero-order valence-electron chi connectivity index (χ0n) is 12.7. The molecule has 104 valence electrons. The van der Waals surface area contributed by atoms with Gasteiger partial charge >= 0.3 is 0 Å². The van der Waals surface area contributed by atoms with E-state index in [1.807, 2.05) is 0 Å². The molecule has 2 heteroatoms. The van der Waals surface area contributed by atoms with Crippen LogP contribution < -0.4 is 10.2 Å². The Hall–Kier alpha value is -1.70. The molecule has 0 N–H and O–H groups in total. The molecule has 2 rings (SSSR count). The molecule has 0 aliphatic carbocycles. The Kier molecular flexibility index (Phi) is 5.28. The molecule has 0 spiro atoms. The van der Waals surface area contributed by atoms with Gasteiger partial charge in [-0.25, -0.2) is 0 Å². The summed E-state index contributed by atoms with van der Waals surface area (Å²) in [7, 11) is 0. The molecule has 2 aromatic carbocycles. The zero-order chi connectivity index (χ0) is 14.4. The minimum Gasteiger partial charge on any atom is -0.489 e. The highest BCUT2D eigenvalue weighted by Gasteiger charge is 2.04. The molecule has 0 heterocycles. The van der Waals surface area contributed by atoms with Gasteiger partial charge in [0, 0.05) is 0 Å². The topological polar surface area (TPSA) is 9.23 Å². The highest BCUT2D eigenvalue weighted by molar-refractivity contribution is 6.70. The van der Waals surface area contributed by atoms with Crippen molar-refractivity contribution >= 4 is 12.2 Å². The van der Waals surface area contributed by atoms with Gasteiger partial charge in [0.2, 0.25) is 0 Å². The van der Waals surface area contributed by atoms with Gasteiger partial charge in [-0.15, -0.1) is 0 Å². The molecular weight excluding hydrogens is 243 g/mol.